The molecule has 1 N–H and O–H groups in total. The van der Waals surface area contributed by atoms with Gasteiger partial charge in [0.25, 0.3) is 0 Å². The van der Waals surface area contributed by atoms with E-state index in [9.17, 15) is 9.67 Å². The van der Waals surface area contributed by atoms with E-state index < -0.39 is 13.4 Å². The predicted molar refractivity (Wildman–Crippen MR) is 105 cm³/mol. The van der Waals surface area contributed by atoms with Crippen LogP contribution in [-0.4, -0.2) is 17.3 Å². The summed E-state index contributed by atoms with van der Waals surface area (Å²) in [4.78, 5) is 0. The van der Waals surface area contributed by atoms with E-state index in [0.29, 0.717) is 10.6 Å². The molecular weight excluding hydrogens is 394 g/mol. The maximum Gasteiger partial charge on any atom is 0.364 e. The van der Waals surface area contributed by atoms with E-state index in [0.717, 1.165) is 51.4 Å². The van der Waals surface area contributed by atoms with Crippen LogP contribution in [0.2, 0.25) is 10.0 Å². The van der Waals surface area contributed by atoms with Crippen LogP contribution in [0.3, 0.4) is 0 Å². The topological polar surface area (TPSA) is 55.8 Å². The van der Waals surface area contributed by atoms with E-state index in [1.165, 1.54) is 18.9 Å². The standard InChI is InChI=1S/C19H27Cl2O4P/c20-14-11-12-17(18(21)13-14)19(22)26(23,24-15-7-3-1-4-8-15)25-16-9-5-2-6-10-16/h11-13,15-16,19,22H,1-10H2/t19-/m1/s1. The first kappa shape index (κ1) is 20.6. The molecule has 0 aliphatic heterocycles. The smallest absolute Gasteiger partial charge is 0.364 e. The van der Waals surface area contributed by atoms with Crippen molar-refractivity contribution in [1.29, 1.82) is 0 Å². The van der Waals surface area contributed by atoms with Crippen LogP contribution in [0, 0.1) is 0 Å². The zero-order valence-corrected chi connectivity index (χ0v) is 17.3. The number of aliphatic hydroxyl groups is 1. The Balaban J connectivity index is 1.83. The van der Waals surface area contributed by atoms with Crippen molar-refractivity contribution in [2.24, 2.45) is 0 Å². The fraction of sp³-hybridized carbons (Fsp3) is 0.684. The van der Waals surface area contributed by atoms with Gasteiger partial charge < -0.3 is 14.2 Å². The van der Waals surface area contributed by atoms with Crippen molar-refractivity contribution < 1.29 is 18.7 Å². The molecule has 2 saturated carbocycles. The molecular formula is C19H27Cl2O4P. The number of halogens is 2. The molecule has 0 radical (unpaired) electrons. The third-order valence-electron chi connectivity index (χ3n) is 5.24. The van der Waals surface area contributed by atoms with Gasteiger partial charge in [-0.05, 0) is 37.8 Å². The molecule has 0 unspecified atom stereocenters. The summed E-state index contributed by atoms with van der Waals surface area (Å²) in [5.74, 6) is -1.41. The van der Waals surface area contributed by atoms with Gasteiger partial charge in [0.05, 0.1) is 12.2 Å². The number of hydrogen-bond donors (Lipinski definition) is 1. The molecule has 2 fully saturated rings. The van der Waals surface area contributed by atoms with E-state index in [4.69, 9.17) is 32.2 Å². The van der Waals surface area contributed by atoms with Crippen molar-refractivity contribution in [3.63, 3.8) is 0 Å². The van der Waals surface area contributed by atoms with E-state index in [-0.39, 0.29) is 17.2 Å². The number of aliphatic hydroxyl groups excluding tert-OH is 1. The van der Waals surface area contributed by atoms with Crippen LogP contribution in [-0.2, 0) is 13.6 Å². The lowest BCUT2D eigenvalue weighted by atomic mass is 9.98. The summed E-state index contributed by atoms with van der Waals surface area (Å²) >= 11 is 12.2. The van der Waals surface area contributed by atoms with Crippen LogP contribution in [0.15, 0.2) is 18.2 Å². The van der Waals surface area contributed by atoms with Crippen molar-refractivity contribution in [1.82, 2.24) is 0 Å². The van der Waals surface area contributed by atoms with Crippen LogP contribution in [0.5, 0.6) is 0 Å². The maximum absolute atomic E-state index is 13.7. The van der Waals surface area contributed by atoms with Crippen LogP contribution in [0.4, 0.5) is 0 Å². The molecule has 26 heavy (non-hydrogen) atoms. The zero-order chi connectivity index (χ0) is 18.6. The largest absolute Gasteiger partial charge is 0.376 e. The summed E-state index contributed by atoms with van der Waals surface area (Å²) in [5, 5.41) is 11.7. The molecule has 0 amide bonds. The molecule has 0 heterocycles. The highest BCUT2D eigenvalue weighted by atomic mass is 35.5. The fourth-order valence-electron chi connectivity index (χ4n) is 3.78. The summed E-state index contributed by atoms with van der Waals surface area (Å²) < 4.78 is 25.7. The minimum Gasteiger partial charge on any atom is -0.376 e. The quantitative estimate of drug-likeness (QED) is 0.509. The summed E-state index contributed by atoms with van der Waals surface area (Å²) in [6.45, 7) is 0. The zero-order valence-electron chi connectivity index (χ0n) is 14.9. The van der Waals surface area contributed by atoms with Crippen LogP contribution in [0.25, 0.3) is 0 Å². The average molecular weight is 421 g/mol. The van der Waals surface area contributed by atoms with Gasteiger partial charge in [-0.25, -0.2) is 0 Å². The Morgan fingerprint density at radius 3 is 1.88 bits per heavy atom. The Kier molecular flexibility index (Phi) is 7.47. The minimum absolute atomic E-state index is 0.140. The Labute approximate surface area is 165 Å². The summed E-state index contributed by atoms with van der Waals surface area (Å²) in [7, 11) is -3.78. The monoisotopic (exact) mass is 420 g/mol. The van der Waals surface area contributed by atoms with E-state index >= 15 is 0 Å². The summed E-state index contributed by atoms with van der Waals surface area (Å²) in [6.07, 6.45) is 9.63. The lowest BCUT2D eigenvalue weighted by Crippen LogP contribution is -2.22. The molecule has 0 aromatic heterocycles. The summed E-state index contributed by atoms with van der Waals surface area (Å²) in [6, 6.07) is 4.75. The average Bonchev–Trinajstić information content (AvgIpc) is 2.63. The van der Waals surface area contributed by atoms with Crippen LogP contribution >= 0.6 is 30.8 Å². The number of hydrogen-bond acceptors (Lipinski definition) is 4. The second-order valence-electron chi connectivity index (χ2n) is 7.31. The van der Waals surface area contributed by atoms with Gasteiger partial charge in [0.15, 0.2) is 5.85 Å². The summed E-state index contributed by atoms with van der Waals surface area (Å²) in [5.41, 5.74) is 0.339. The van der Waals surface area contributed by atoms with E-state index in [1.807, 2.05) is 0 Å². The molecule has 7 heteroatoms. The third-order valence-corrected chi connectivity index (χ3v) is 7.86. The van der Waals surface area contributed by atoms with Gasteiger partial charge in [0.1, 0.15) is 0 Å². The first-order valence-corrected chi connectivity index (χ1v) is 11.9. The molecule has 2 aliphatic rings. The molecule has 4 nitrogen and oxygen atoms in total. The van der Waals surface area contributed by atoms with Crippen molar-refractivity contribution in [3.8, 4) is 0 Å². The highest BCUT2D eigenvalue weighted by molar-refractivity contribution is 7.54. The van der Waals surface area contributed by atoms with Crippen molar-refractivity contribution in [2.45, 2.75) is 82.3 Å². The first-order valence-electron chi connectivity index (χ1n) is 9.57. The van der Waals surface area contributed by atoms with E-state index in [1.54, 1.807) is 12.1 Å². The molecule has 1 aromatic rings. The van der Waals surface area contributed by atoms with Crippen molar-refractivity contribution in [3.05, 3.63) is 33.8 Å². The highest BCUT2D eigenvalue weighted by Crippen LogP contribution is 2.63. The maximum atomic E-state index is 13.7. The van der Waals surface area contributed by atoms with Crippen molar-refractivity contribution in [2.75, 3.05) is 0 Å². The van der Waals surface area contributed by atoms with Crippen LogP contribution in [0.1, 0.15) is 75.6 Å². The Bertz CT molecular complexity index is 618. The normalized spacial score (nSPS) is 21.7. The number of benzene rings is 1. The SMILES string of the molecule is O=P(OC1CCCCC1)(OC1CCCCC1)[C@@H](O)c1ccc(Cl)cc1Cl. The van der Waals surface area contributed by atoms with Gasteiger partial charge >= 0.3 is 7.60 Å². The Hall–Kier alpha value is -0.0900. The van der Waals surface area contributed by atoms with Gasteiger partial charge in [0, 0.05) is 15.6 Å². The lowest BCUT2D eigenvalue weighted by Gasteiger charge is -2.33. The lowest BCUT2D eigenvalue weighted by molar-refractivity contribution is 0.0545. The molecule has 1 atom stereocenters. The molecule has 0 saturated heterocycles. The fourth-order valence-corrected chi connectivity index (χ4v) is 6.46. The second kappa shape index (κ2) is 9.41. The molecule has 1 aromatic carbocycles. The van der Waals surface area contributed by atoms with Crippen LogP contribution < -0.4 is 0 Å². The van der Waals surface area contributed by atoms with Gasteiger partial charge in [0.2, 0.25) is 0 Å². The molecule has 3 rings (SSSR count). The van der Waals surface area contributed by atoms with Gasteiger partial charge in [-0.2, -0.15) is 0 Å². The predicted octanol–water partition coefficient (Wildman–Crippen LogP) is 6.88. The third kappa shape index (κ3) is 5.25. The van der Waals surface area contributed by atoms with Gasteiger partial charge in [-0.1, -0.05) is 67.8 Å². The first-order chi connectivity index (χ1) is 12.5. The second-order valence-corrected chi connectivity index (χ2v) is 10.1. The van der Waals surface area contributed by atoms with Gasteiger partial charge in [-0.15, -0.1) is 0 Å². The molecule has 0 spiro atoms. The minimum atomic E-state index is -3.78. The molecule has 0 bridgehead atoms. The Morgan fingerprint density at radius 1 is 0.923 bits per heavy atom. The Morgan fingerprint density at radius 2 is 1.42 bits per heavy atom. The molecule has 2 aliphatic carbocycles. The number of rotatable bonds is 6. The highest BCUT2D eigenvalue weighted by Gasteiger charge is 2.42. The molecule has 146 valence electrons. The van der Waals surface area contributed by atoms with E-state index in [2.05, 4.69) is 0 Å². The van der Waals surface area contributed by atoms with Gasteiger partial charge in [-0.3, -0.25) is 4.57 Å². The van der Waals surface area contributed by atoms with Crippen molar-refractivity contribution >= 4 is 30.8 Å².